The van der Waals surface area contributed by atoms with E-state index in [-0.39, 0.29) is 6.04 Å². The zero-order chi connectivity index (χ0) is 13.8. The molecule has 2 rings (SSSR count). The van der Waals surface area contributed by atoms with E-state index in [2.05, 4.69) is 39.9 Å². The molecule has 4 nitrogen and oxygen atoms in total. The Hall–Kier alpha value is -1.07. The zero-order valence-corrected chi connectivity index (χ0v) is 13.1. The van der Waals surface area contributed by atoms with E-state index in [1.807, 2.05) is 22.9 Å². The van der Waals surface area contributed by atoms with E-state index in [0.29, 0.717) is 17.4 Å². The maximum atomic E-state index is 6.16. The van der Waals surface area contributed by atoms with Crippen LogP contribution >= 0.6 is 27.5 Å². The van der Waals surface area contributed by atoms with E-state index in [1.54, 1.807) is 0 Å². The quantitative estimate of drug-likeness (QED) is 0.770. The van der Waals surface area contributed by atoms with E-state index in [9.17, 15) is 0 Å². The van der Waals surface area contributed by atoms with Crippen LogP contribution in [0.1, 0.15) is 31.3 Å². The molecule has 102 valence electrons. The van der Waals surface area contributed by atoms with E-state index in [1.165, 1.54) is 6.33 Å². The molecule has 0 atom stereocenters. The van der Waals surface area contributed by atoms with Crippen LogP contribution in [-0.4, -0.2) is 14.8 Å². The van der Waals surface area contributed by atoms with Crippen molar-refractivity contribution in [3.8, 4) is 5.75 Å². The van der Waals surface area contributed by atoms with Crippen molar-refractivity contribution in [3.63, 3.8) is 0 Å². The molecule has 0 aliphatic heterocycles. The number of halogens is 2. The van der Waals surface area contributed by atoms with Crippen molar-refractivity contribution in [1.29, 1.82) is 0 Å². The standard InChI is InChI=1S/C13H15BrClN3O/c1-9(2)18-13(16-8-17-18)7-19-12-4-3-10(6-14)5-11(12)15/h3-5,8-9H,6-7H2,1-2H3. The van der Waals surface area contributed by atoms with Crippen LogP contribution in [-0.2, 0) is 11.9 Å². The first-order chi connectivity index (χ1) is 9.11. The fraction of sp³-hybridized carbons (Fsp3) is 0.385. The Balaban J connectivity index is 2.08. The second-order valence-electron chi connectivity index (χ2n) is 4.40. The summed E-state index contributed by atoms with van der Waals surface area (Å²) in [6.45, 7) is 4.46. The molecule has 1 aromatic heterocycles. The summed E-state index contributed by atoms with van der Waals surface area (Å²) in [6.07, 6.45) is 1.54. The van der Waals surface area contributed by atoms with Crippen LogP contribution in [0.3, 0.4) is 0 Å². The number of rotatable bonds is 5. The van der Waals surface area contributed by atoms with Gasteiger partial charge in [-0.25, -0.2) is 9.67 Å². The Bertz CT molecular complexity index is 557. The van der Waals surface area contributed by atoms with E-state index >= 15 is 0 Å². The van der Waals surface area contributed by atoms with Gasteiger partial charge in [0.15, 0.2) is 5.82 Å². The average Bonchev–Trinajstić information content (AvgIpc) is 2.85. The molecule has 2 aromatic rings. The Labute approximate surface area is 125 Å². The molecule has 1 aromatic carbocycles. The summed E-state index contributed by atoms with van der Waals surface area (Å²) in [5.74, 6) is 1.44. The summed E-state index contributed by atoms with van der Waals surface area (Å²) in [5.41, 5.74) is 1.11. The van der Waals surface area contributed by atoms with Gasteiger partial charge in [-0.05, 0) is 31.5 Å². The fourth-order valence-electron chi connectivity index (χ4n) is 1.70. The molecule has 19 heavy (non-hydrogen) atoms. The highest BCUT2D eigenvalue weighted by Crippen LogP contribution is 2.27. The van der Waals surface area contributed by atoms with Gasteiger partial charge in [-0.2, -0.15) is 5.10 Å². The second kappa shape index (κ2) is 6.39. The molecule has 0 amide bonds. The SMILES string of the molecule is CC(C)n1ncnc1COc1ccc(CBr)cc1Cl. The number of hydrogen-bond donors (Lipinski definition) is 0. The van der Waals surface area contributed by atoms with Crippen molar-refractivity contribution in [2.45, 2.75) is 31.8 Å². The summed E-state index contributed by atoms with van der Waals surface area (Å²) >= 11 is 9.55. The molecule has 1 heterocycles. The minimum atomic E-state index is 0.257. The fourth-order valence-corrected chi connectivity index (χ4v) is 2.30. The van der Waals surface area contributed by atoms with Gasteiger partial charge in [0.25, 0.3) is 0 Å². The minimum Gasteiger partial charge on any atom is -0.484 e. The largest absolute Gasteiger partial charge is 0.484 e. The highest BCUT2D eigenvalue weighted by atomic mass is 79.9. The number of aromatic nitrogens is 3. The molecule has 0 bridgehead atoms. The molecule has 0 spiro atoms. The summed E-state index contributed by atoms with van der Waals surface area (Å²) in [4.78, 5) is 4.19. The smallest absolute Gasteiger partial charge is 0.165 e. The highest BCUT2D eigenvalue weighted by Gasteiger charge is 2.09. The Morgan fingerprint density at radius 2 is 2.21 bits per heavy atom. The second-order valence-corrected chi connectivity index (χ2v) is 5.37. The molecule has 0 fully saturated rings. The minimum absolute atomic E-state index is 0.257. The van der Waals surface area contributed by atoms with Gasteiger partial charge in [-0.15, -0.1) is 0 Å². The van der Waals surface area contributed by atoms with Crippen LogP contribution in [0.5, 0.6) is 5.75 Å². The number of nitrogens with zero attached hydrogens (tertiary/aromatic N) is 3. The van der Waals surface area contributed by atoms with Crippen molar-refractivity contribution < 1.29 is 4.74 Å². The van der Waals surface area contributed by atoms with Gasteiger partial charge < -0.3 is 4.74 Å². The van der Waals surface area contributed by atoms with Crippen molar-refractivity contribution >= 4 is 27.5 Å². The molecule has 0 radical (unpaired) electrons. The van der Waals surface area contributed by atoms with E-state index < -0.39 is 0 Å². The molecule has 0 aliphatic carbocycles. The topological polar surface area (TPSA) is 39.9 Å². The zero-order valence-electron chi connectivity index (χ0n) is 10.8. The number of hydrogen-bond acceptors (Lipinski definition) is 3. The van der Waals surface area contributed by atoms with Gasteiger partial charge in [-0.1, -0.05) is 33.6 Å². The van der Waals surface area contributed by atoms with Crippen molar-refractivity contribution in [3.05, 3.63) is 40.9 Å². The summed E-state index contributed by atoms with van der Waals surface area (Å²) < 4.78 is 7.53. The predicted molar refractivity (Wildman–Crippen MR) is 78.8 cm³/mol. The lowest BCUT2D eigenvalue weighted by Crippen LogP contribution is -2.10. The lowest BCUT2D eigenvalue weighted by atomic mass is 10.2. The van der Waals surface area contributed by atoms with Crippen molar-refractivity contribution in [2.24, 2.45) is 0 Å². The molecule has 0 saturated heterocycles. The first kappa shape index (κ1) is 14.3. The van der Waals surface area contributed by atoms with E-state index in [0.717, 1.165) is 16.7 Å². The third-order valence-electron chi connectivity index (χ3n) is 2.64. The maximum Gasteiger partial charge on any atom is 0.165 e. The Morgan fingerprint density at radius 3 is 2.84 bits per heavy atom. The molecule has 0 saturated carbocycles. The van der Waals surface area contributed by atoms with Crippen LogP contribution in [0, 0.1) is 0 Å². The first-order valence-electron chi connectivity index (χ1n) is 5.97. The summed E-state index contributed by atoms with van der Waals surface area (Å²) in [5, 5.41) is 5.54. The van der Waals surface area contributed by atoms with Gasteiger partial charge in [-0.3, -0.25) is 0 Å². The highest BCUT2D eigenvalue weighted by molar-refractivity contribution is 9.08. The van der Waals surface area contributed by atoms with Crippen molar-refractivity contribution in [2.75, 3.05) is 0 Å². The summed E-state index contributed by atoms with van der Waals surface area (Å²) in [6, 6.07) is 5.99. The molecular weight excluding hydrogens is 330 g/mol. The molecular formula is C13H15BrClN3O. The molecule has 0 aliphatic rings. The monoisotopic (exact) mass is 343 g/mol. The Kier molecular flexibility index (Phi) is 4.82. The number of benzene rings is 1. The van der Waals surface area contributed by atoms with Gasteiger partial charge >= 0.3 is 0 Å². The van der Waals surface area contributed by atoms with Gasteiger partial charge in [0.1, 0.15) is 18.7 Å². The van der Waals surface area contributed by atoms with Crippen LogP contribution in [0.15, 0.2) is 24.5 Å². The maximum absolute atomic E-state index is 6.16. The molecule has 0 N–H and O–H groups in total. The van der Waals surface area contributed by atoms with E-state index in [4.69, 9.17) is 16.3 Å². The number of ether oxygens (including phenoxy) is 1. The van der Waals surface area contributed by atoms with Crippen molar-refractivity contribution in [1.82, 2.24) is 14.8 Å². The number of alkyl halides is 1. The Morgan fingerprint density at radius 1 is 1.42 bits per heavy atom. The average molecular weight is 345 g/mol. The van der Waals surface area contributed by atoms with Crippen LogP contribution < -0.4 is 4.74 Å². The lowest BCUT2D eigenvalue weighted by molar-refractivity contribution is 0.282. The summed E-state index contributed by atoms with van der Waals surface area (Å²) in [7, 11) is 0. The van der Waals surface area contributed by atoms with Crippen LogP contribution in [0.2, 0.25) is 5.02 Å². The lowest BCUT2D eigenvalue weighted by Gasteiger charge is -2.11. The van der Waals surface area contributed by atoms with Crippen LogP contribution in [0.4, 0.5) is 0 Å². The van der Waals surface area contributed by atoms with Gasteiger partial charge in [0.05, 0.1) is 5.02 Å². The predicted octanol–water partition coefficient (Wildman–Crippen LogP) is 3.99. The van der Waals surface area contributed by atoms with Gasteiger partial charge in [0, 0.05) is 11.4 Å². The third kappa shape index (κ3) is 3.48. The molecule has 0 unspecified atom stereocenters. The third-order valence-corrected chi connectivity index (χ3v) is 3.59. The van der Waals surface area contributed by atoms with Gasteiger partial charge in [0.2, 0.25) is 0 Å². The van der Waals surface area contributed by atoms with Crippen LogP contribution in [0.25, 0.3) is 0 Å². The normalized spacial score (nSPS) is 11.0. The first-order valence-corrected chi connectivity index (χ1v) is 7.47. The molecule has 6 heteroatoms.